The quantitative estimate of drug-likeness (QED) is 0.704. The fourth-order valence-corrected chi connectivity index (χ4v) is 3.37. The van der Waals surface area contributed by atoms with Crippen LogP contribution in [-0.4, -0.2) is 25.2 Å². The van der Waals surface area contributed by atoms with Gasteiger partial charge in [0.25, 0.3) is 5.91 Å². The Morgan fingerprint density at radius 1 is 1.21 bits per heavy atom. The first-order chi connectivity index (χ1) is 13.6. The fraction of sp³-hybridized carbons (Fsp3) is 0.273. The second-order valence-electron chi connectivity index (χ2n) is 6.94. The second kappa shape index (κ2) is 8.17. The van der Waals surface area contributed by atoms with Gasteiger partial charge in [0.1, 0.15) is 11.1 Å². The zero-order chi connectivity index (χ0) is 19.5. The van der Waals surface area contributed by atoms with Crippen molar-refractivity contribution in [2.75, 3.05) is 13.2 Å². The lowest BCUT2D eigenvalue weighted by Crippen LogP contribution is -2.34. The number of ether oxygens (including phenoxy) is 1. The van der Waals surface area contributed by atoms with E-state index in [-0.39, 0.29) is 17.6 Å². The van der Waals surface area contributed by atoms with E-state index in [0.717, 1.165) is 36.1 Å². The highest BCUT2D eigenvalue weighted by Gasteiger charge is 2.18. The predicted octanol–water partition coefficient (Wildman–Crippen LogP) is 4.54. The van der Waals surface area contributed by atoms with Crippen LogP contribution in [0.5, 0.6) is 0 Å². The summed E-state index contributed by atoms with van der Waals surface area (Å²) >= 11 is 6.10. The number of carbonyl (C=O) groups excluding carboxylic acids is 1. The number of nitrogens with one attached hydrogen (secondary N) is 1. The molecule has 2 heterocycles. The van der Waals surface area contributed by atoms with E-state index in [0.29, 0.717) is 22.7 Å². The summed E-state index contributed by atoms with van der Waals surface area (Å²) in [5.74, 6) is -0.244. The highest BCUT2D eigenvalue weighted by molar-refractivity contribution is 6.31. The Kier molecular flexibility index (Phi) is 5.46. The minimum Gasteiger partial charge on any atom is -0.438 e. The molecule has 4 rings (SSSR count). The van der Waals surface area contributed by atoms with Crippen LogP contribution < -0.4 is 10.9 Å². The van der Waals surface area contributed by atoms with Gasteiger partial charge in [-0.1, -0.05) is 29.3 Å². The molecule has 1 atom stereocenters. The van der Waals surface area contributed by atoms with Crippen LogP contribution in [0.3, 0.4) is 0 Å². The van der Waals surface area contributed by atoms with Crippen molar-refractivity contribution in [3.05, 3.63) is 70.2 Å². The van der Waals surface area contributed by atoms with Crippen molar-refractivity contribution in [3.8, 4) is 0 Å². The lowest BCUT2D eigenvalue weighted by atomic mass is 10.1. The molecule has 0 radical (unpaired) electrons. The number of amides is 1. The van der Waals surface area contributed by atoms with Gasteiger partial charge in [-0.3, -0.25) is 4.79 Å². The first kappa shape index (κ1) is 18.7. The highest BCUT2D eigenvalue weighted by atomic mass is 35.5. The standard InChI is InChI=1S/C22H21ClN2O3/c1-14-4-7-17(8-5-14)25-22-19(21(26)24-13-18-3-2-10-27-18)12-15-11-16(23)6-9-20(15)28-22/h4-9,11-12,18H,2-3,10,13H2,1H3,(H,24,26)/t18-/m1/s1. The molecule has 0 spiro atoms. The smallest absolute Gasteiger partial charge is 0.256 e. The molecule has 3 aromatic rings. The average molecular weight is 397 g/mol. The van der Waals surface area contributed by atoms with Gasteiger partial charge in [-0.05, 0) is 56.2 Å². The highest BCUT2D eigenvalue weighted by Crippen LogP contribution is 2.20. The molecule has 1 aliphatic rings. The summed E-state index contributed by atoms with van der Waals surface area (Å²) < 4.78 is 11.5. The molecule has 6 heteroatoms. The average Bonchev–Trinajstić information content (AvgIpc) is 3.21. The van der Waals surface area contributed by atoms with E-state index in [1.54, 1.807) is 24.3 Å². The molecule has 1 aromatic heterocycles. The van der Waals surface area contributed by atoms with Gasteiger partial charge in [0.2, 0.25) is 5.55 Å². The van der Waals surface area contributed by atoms with E-state index >= 15 is 0 Å². The molecule has 0 unspecified atom stereocenters. The molecule has 144 valence electrons. The molecule has 0 aliphatic carbocycles. The third-order valence-corrected chi connectivity index (χ3v) is 4.97. The van der Waals surface area contributed by atoms with Gasteiger partial charge in [-0.25, -0.2) is 4.99 Å². The van der Waals surface area contributed by atoms with Gasteiger partial charge in [0, 0.05) is 23.6 Å². The van der Waals surface area contributed by atoms with E-state index in [1.807, 2.05) is 31.2 Å². The number of hydrogen-bond acceptors (Lipinski definition) is 4. The first-order valence-electron chi connectivity index (χ1n) is 9.33. The van der Waals surface area contributed by atoms with Crippen molar-refractivity contribution in [2.24, 2.45) is 4.99 Å². The van der Waals surface area contributed by atoms with Crippen LogP contribution in [0, 0.1) is 6.92 Å². The lowest BCUT2D eigenvalue weighted by Gasteiger charge is -2.11. The SMILES string of the molecule is Cc1ccc(N=c2oc3ccc(Cl)cc3cc2C(=O)NC[C@H]2CCCO2)cc1. The summed E-state index contributed by atoms with van der Waals surface area (Å²) in [5.41, 5.74) is 3.11. The van der Waals surface area contributed by atoms with Gasteiger partial charge in [0.15, 0.2) is 0 Å². The van der Waals surface area contributed by atoms with E-state index < -0.39 is 0 Å². The van der Waals surface area contributed by atoms with E-state index in [9.17, 15) is 4.79 Å². The van der Waals surface area contributed by atoms with Gasteiger partial charge in [-0.2, -0.15) is 0 Å². The number of fused-ring (bicyclic) bond motifs is 1. The van der Waals surface area contributed by atoms with Crippen LogP contribution in [0.1, 0.15) is 28.8 Å². The fourth-order valence-electron chi connectivity index (χ4n) is 3.19. The molecule has 2 aromatic carbocycles. The van der Waals surface area contributed by atoms with Crippen molar-refractivity contribution in [1.29, 1.82) is 0 Å². The lowest BCUT2D eigenvalue weighted by molar-refractivity contribution is 0.0854. The molecule has 1 N–H and O–H groups in total. The van der Waals surface area contributed by atoms with Gasteiger partial charge >= 0.3 is 0 Å². The van der Waals surface area contributed by atoms with Crippen LogP contribution in [0.25, 0.3) is 11.0 Å². The first-order valence-corrected chi connectivity index (χ1v) is 9.71. The molecular weight excluding hydrogens is 376 g/mol. The van der Waals surface area contributed by atoms with Crippen molar-refractivity contribution in [1.82, 2.24) is 5.32 Å². The number of rotatable bonds is 4. The minimum absolute atomic E-state index is 0.0632. The Bertz CT molecular complexity index is 1070. The Labute approximate surface area is 168 Å². The minimum atomic E-state index is -0.244. The zero-order valence-electron chi connectivity index (χ0n) is 15.6. The molecule has 1 fully saturated rings. The Balaban J connectivity index is 1.74. The van der Waals surface area contributed by atoms with Crippen molar-refractivity contribution in [3.63, 3.8) is 0 Å². The maximum atomic E-state index is 12.9. The van der Waals surface area contributed by atoms with Gasteiger partial charge < -0.3 is 14.5 Å². The van der Waals surface area contributed by atoms with E-state index in [1.165, 1.54) is 0 Å². The second-order valence-corrected chi connectivity index (χ2v) is 7.38. The maximum Gasteiger partial charge on any atom is 0.256 e. The molecule has 1 amide bonds. The maximum absolute atomic E-state index is 12.9. The Morgan fingerprint density at radius 3 is 2.79 bits per heavy atom. The van der Waals surface area contributed by atoms with Crippen molar-refractivity contribution >= 4 is 34.2 Å². The summed E-state index contributed by atoms with van der Waals surface area (Å²) in [6, 6.07) is 14.8. The van der Waals surface area contributed by atoms with Gasteiger partial charge in [-0.15, -0.1) is 0 Å². The molecule has 1 aliphatic heterocycles. The topological polar surface area (TPSA) is 63.8 Å². The molecule has 0 saturated carbocycles. The number of hydrogen-bond donors (Lipinski definition) is 1. The van der Waals surface area contributed by atoms with E-state index in [2.05, 4.69) is 10.3 Å². The molecule has 28 heavy (non-hydrogen) atoms. The number of halogens is 1. The summed E-state index contributed by atoms with van der Waals surface area (Å²) in [4.78, 5) is 17.4. The molecule has 5 nitrogen and oxygen atoms in total. The van der Waals surface area contributed by atoms with Crippen molar-refractivity contribution < 1.29 is 13.9 Å². The summed E-state index contributed by atoms with van der Waals surface area (Å²) in [6.45, 7) is 3.23. The van der Waals surface area contributed by atoms with Gasteiger partial charge in [0.05, 0.1) is 11.8 Å². The molecule has 0 bridgehead atoms. The van der Waals surface area contributed by atoms with Crippen LogP contribution in [0.2, 0.25) is 5.02 Å². The number of carbonyl (C=O) groups is 1. The number of benzene rings is 2. The van der Waals surface area contributed by atoms with Crippen LogP contribution >= 0.6 is 11.6 Å². The van der Waals surface area contributed by atoms with Crippen molar-refractivity contribution in [2.45, 2.75) is 25.9 Å². The van der Waals surface area contributed by atoms with Crippen LogP contribution in [0.4, 0.5) is 5.69 Å². The zero-order valence-corrected chi connectivity index (χ0v) is 16.3. The largest absolute Gasteiger partial charge is 0.438 e. The van der Waals surface area contributed by atoms with E-state index in [4.69, 9.17) is 20.8 Å². The number of nitrogens with zero attached hydrogens (tertiary/aromatic N) is 1. The summed E-state index contributed by atoms with van der Waals surface area (Å²) in [7, 11) is 0. The number of aryl methyl sites for hydroxylation is 1. The third kappa shape index (κ3) is 4.26. The third-order valence-electron chi connectivity index (χ3n) is 4.73. The normalized spacial score (nSPS) is 17.2. The monoisotopic (exact) mass is 396 g/mol. The Hall–Kier alpha value is -2.63. The molecular formula is C22H21ClN2O3. The van der Waals surface area contributed by atoms with Crippen LogP contribution in [0.15, 0.2) is 57.9 Å². The van der Waals surface area contributed by atoms with Crippen LogP contribution in [-0.2, 0) is 4.74 Å². The predicted molar refractivity (Wildman–Crippen MR) is 109 cm³/mol. The Morgan fingerprint density at radius 2 is 2.04 bits per heavy atom. The molecule has 1 saturated heterocycles. The summed E-state index contributed by atoms with van der Waals surface area (Å²) in [6.07, 6.45) is 2.05. The summed E-state index contributed by atoms with van der Waals surface area (Å²) in [5, 5.41) is 4.27.